The first-order valence-corrected chi connectivity index (χ1v) is 7.81. The number of hydrogen-bond donors (Lipinski definition) is 1. The van der Waals surface area contributed by atoms with E-state index >= 15 is 0 Å². The van der Waals surface area contributed by atoms with Gasteiger partial charge in [0, 0.05) is 20.0 Å². The molecule has 1 aliphatic heterocycles. The smallest absolute Gasteiger partial charge is 0.222 e. The van der Waals surface area contributed by atoms with Gasteiger partial charge in [0.1, 0.15) is 5.82 Å². The molecule has 4 heteroatoms. The molecule has 0 bridgehead atoms. The Balaban J connectivity index is 2.04. The van der Waals surface area contributed by atoms with Gasteiger partial charge in [-0.05, 0) is 36.3 Å². The molecule has 1 amide bonds. The lowest BCUT2D eigenvalue weighted by Gasteiger charge is -2.29. The normalized spacial score (nSPS) is 20.3. The molecule has 4 nitrogen and oxygen atoms in total. The van der Waals surface area contributed by atoms with Gasteiger partial charge in [-0.1, -0.05) is 26.8 Å². The van der Waals surface area contributed by atoms with Crippen molar-refractivity contribution in [3.63, 3.8) is 0 Å². The molecule has 21 heavy (non-hydrogen) atoms. The molecule has 1 aromatic rings. The van der Waals surface area contributed by atoms with Gasteiger partial charge in [0.05, 0.1) is 12.2 Å². The van der Waals surface area contributed by atoms with Gasteiger partial charge >= 0.3 is 0 Å². The fourth-order valence-corrected chi connectivity index (χ4v) is 2.97. The second kappa shape index (κ2) is 6.46. The summed E-state index contributed by atoms with van der Waals surface area (Å²) in [6.07, 6.45) is 2.75. The van der Waals surface area contributed by atoms with Gasteiger partial charge in [0.15, 0.2) is 0 Å². The molecular weight excluding hydrogens is 262 g/mol. The third kappa shape index (κ3) is 4.19. The number of rotatable bonds is 3. The van der Waals surface area contributed by atoms with Crippen molar-refractivity contribution in [2.24, 2.45) is 11.3 Å². The van der Waals surface area contributed by atoms with Crippen LogP contribution in [0.4, 0.5) is 5.82 Å². The van der Waals surface area contributed by atoms with E-state index in [0.29, 0.717) is 18.9 Å². The largest absolute Gasteiger partial charge is 0.373 e. The lowest BCUT2D eigenvalue weighted by atomic mass is 9.77. The molecule has 1 unspecified atom stereocenters. The number of anilines is 1. The fourth-order valence-electron chi connectivity index (χ4n) is 2.97. The van der Waals surface area contributed by atoms with Crippen molar-refractivity contribution in [3.8, 4) is 0 Å². The minimum absolute atomic E-state index is 0.262. The van der Waals surface area contributed by atoms with E-state index in [0.717, 1.165) is 30.9 Å². The first-order valence-electron chi connectivity index (χ1n) is 7.81. The molecule has 2 rings (SSSR count). The van der Waals surface area contributed by atoms with E-state index in [9.17, 15) is 4.79 Å². The quantitative estimate of drug-likeness (QED) is 0.928. The SMILES string of the molecule is CNc1cccc(CN2CCC(C(C)(C)C)CCC2=O)n1. The van der Waals surface area contributed by atoms with E-state index in [1.54, 1.807) is 0 Å². The van der Waals surface area contributed by atoms with Gasteiger partial charge in [0.25, 0.3) is 0 Å². The Morgan fingerprint density at radius 3 is 2.76 bits per heavy atom. The van der Waals surface area contributed by atoms with Crippen molar-refractivity contribution in [2.75, 3.05) is 18.9 Å². The van der Waals surface area contributed by atoms with E-state index in [1.165, 1.54) is 0 Å². The van der Waals surface area contributed by atoms with Crippen LogP contribution in [0.3, 0.4) is 0 Å². The third-order valence-corrected chi connectivity index (χ3v) is 4.45. The summed E-state index contributed by atoms with van der Waals surface area (Å²) in [4.78, 5) is 18.8. The highest BCUT2D eigenvalue weighted by atomic mass is 16.2. The van der Waals surface area contributed by atoms with Crippen LogP contribution in [-0.2, 0) is 11.3 Å². The molecule has 1 N–H and O–H groups in total. The topological polar surface area (TPSA) is 45.2 Å². The highest BCUT2D eigenvalue weighted by Crippen LogP contribution is 2.34. The van der Waals surface area contributed by atoms with Crippen LogP contribution >= 0.6 is 0 Å². The van der Waals surface area contributed by atoms with Crippen LogP contribution < -0.4 is 5.32 Å². The number of nitrogens with zero attached hydrogens (tertiary/aromatic N) is 2. The molecule has 0 aromatic carbocycles. The Labute approximate surface area is 127 Å². The molecule has 2 heterocycles. The molecule has 1 aliphatic rings. The van der Waals surface area contributed by atoms with Crippen LogP contribution in [0, 0.1) is 11.3 Å². The number of aromatic nitrogens is 1. The van der Waals surface area contributed by atoms with Gasteiger partial charge in [-0.15, -0.1) is 0 Å². The monoisotopic (exact) mass is 289 g/mol. The standard InChI is InChI=1S/C17H27N3O/c1-17(2,3)13-8-9-16(21)20(11-10-13)12-14-6-5-7-15(18-4)19-14/h5-7,13H,8-12H2,1-4H3,(H,18,19). The minimum atomic E-state index is 0.262. The van der Waals surface area contributed by atoms with Crippen LogP contribution in [0.15, 0.2) is 18.2 Å². The Kier molecular flexibility index (Phi) is 4.86. The summed E-state index contributed by atoms with van der Waals surface area (Å²) >= 11 is 0. The molecule has 0 aliphatic carbocycles. The van der Waals surface area contributed by atoms with Gasteiger partial charge < -0.3 is 10.2 Å². The zero-order valence-corrected chi connectivity index (χ0v) is 13.6. The van der Waals surface area contributed by atoms with E-state index < -0.39 is 0 Å². The maximum absolute atomic E-state index is 12.3. The third-order valence-electron chi connectivity index (χ3n) is 4.45. The summed E-state index contributed by atoms with van der Waals surface area (Å²) in [5, 5.41) is 3.04. The highest BCUT2D eigenvalue weighted by molar-refractivity contribution is 5.76. The lowest BCUT2D eigenvalue weighted by Crippen LogP contribution is -2.30. The summed E-state index contributed by atoms with van der Waals surface area (Å²) in [5.41, 5.74) is 1.23. The Bertz CT molecular complexity index is 493. The van der Waals surface area contributed by atoms with Crippen molar-refractivity contribution < 1.29 is 4.79 Å². The zero-order valence-electron chi connectivity index (χ0n) is 13.6. The molecule has 0 spiro atoms. The van der Waals surface area contributed by atoms with Crippen LogP contribution in [0.1, 0.15) is 45.7 Å². The van der Waals surface area contributed by atoms with E-state index in [4.69, 9.17) is 0 Å². The highest BCUT2D eigenvalue weighted by Gasteiger charge is 2.29. The average molecular weight is 289 g/mol. The Hall–Kier alpha value is -1.58. The van der Waals surface area contributed by atoms with E-state index in [1.807, 2.05) is 30.1 Å². The molecular formula is C17H27N3O. The van der Waals surface area contributed by atoms with Crippen LogP contribution in [0.25, 0.3) is 0 Å². The number of hydrogen-bond acceptors (Lipinski definition) is 3. The Morgan fingerprint density at radius 2 is 2.10 bits per heavy atom. The molecule has 116 valence electrons. The molecule has 0 saturated carbocycles. The first-order chi connectivity index (χ1) is 9.90. The van der Waals surface area contributed by atoms with E-state index in [2.05, 4.69) is 31.1 Å². The number of carbonyl (C=O) groups excluding carboxylic acids is 1. The van der Waals surface area contributed by atoms with Crippen LogP contribution in [0.2, 0.25) is 0 Å². The minimum Gasteiger partial charge on any atom is -0.373 e. The second-order valence-corrected chi connectivity index (χ2v) is 6.97. The summed E-state index contributed by atoms with van der Waals surface area (Å²) in [5.74, 6) is 1.73. The summed E-state index contributed by atoms with van der Waals surface area (Å²) in [6, 6.07) is 5.90. The van der Waals surface area contributed by atoms with Crippen LogP contribution in [0.5, 0.6) is 0 Å². The van der Waals surface area contributed by atoms with Gasteiger partial charge in [-0.25, -0.2) is 4.98 Å². The fraction of sp³-hybridized carbons (Fsp3) is 0.647. The molecule has 1 fully saturated rings. The van der Waals surface area contributed by atoms with Crippen molar-refractivity contribution in [1.29, 1.82) is 0 Å². The van der Waals surface area contributed by atoms with Gasteiger partial charge in [0.2, 0.25) is 5.91 Å². The number of likely N-dealkylation sites (tertiary alicyclic amines) is 1. The van der Waals surface area contributed by atoms with Crippen LogP contribution in [-0.4, -0.2) is 29.4 Å². The predicted molar refractivity (Wildman–Crippen MR) is 86.0 cm³/mol. The number of pyridine rings is 1. The molecule has 1 atom stereocenters. The van der Waals surface area contributed by atoms with Gasteiger partial charge in [-0.3, -0.25) is 4.79 Å². The molecule has 1 saturated heterocycles. The predicted octanol–water partition coefficient (Wildman–Crippen LogP) is 3.30. The second-order valence-electron chi connectivity index (χ2n) is 6.97. The lowest BCUT2D eigenvalue weighted by molar-refractivity contribution is -0.131. The van der Waals surface area contributed by atoms with Crippen molar-refractivity contribution in [2.45, 2.75) is 46.6 Å². The van der Waals surface area contributed by atoms with Crippen molar-refractivity contribution >= 4 is 11.7 Å². The number of amides is 1. The number of carbonyl (C=O) groups is 1. The summed E-state index contributed by atoms with van der Waals surface area (Å²) in [6.45, 7) is 8.28. The maximum Gasteiger partial charge on any atom is 0.222 e. The Morgan fingerprint density at radius 1 is 1.33 bits per heavy atom. The number of nitrogens with one attached hydrogen (secondary N) is 1. The summed E-state index contributed by atoms with van der Waals surface area (Å²) in [7, 11) is 1.86. The van der Waals surface area contributed by atoms with Crippen molar-refractivity contribution in [1.82, 2.24) is 9.88 Å². The first kappa shape index (κ1) is 15.8. The van der Waals surface area contributed by atoms with Crippen molar-refractivity contribution in [3.05, 3.63) is 23.9 Å². The van der Waals surface area contributed by atoms with Gasteiger partial charge in [-0.2, -0.15) is 0 Å². The molecule has 0 radical (unpaired) electrons. The van der Waals surface area contributed by atoms with E-state index in [-0.39, 0.29) is 11.3 Å². The average Bonchev–Trinajstić information content (AvgIpc) is 2.62. The maximum atomic E-state index is 12.3. The summed E-state index contributed by atoms with van der Waals surface area (Å²) < 4.78 is 0. The zero-order chi connectivity index (χ0) is 15.5. The molecule has 1 aromatic heterocycles.